The van der Waals surface area contributed by atoms with Crippen LogP contribution in [0.3, 0.4) is 0 Å². The summed E-state index contributed by atoms with van der Waals surface area (Å²) in [6, 6.07) is 8.76. The highest BCUT2D eigenvalue weighted by molar-refractivity contribution is 5.72. The number of nitrogens with zero attached hydrogens (tertiary/aromatic N) is 1. The molecule has 0 bridgehead atoms. The van der Waals surface area contributed by atoms with E-state index in [1.165, 1.54) is 0 Å². The first kappa shape index (κ1) is 22.5. The number of likely N-dealkylation sites (tertiary alicyclic amines) is 1. The van der Waals surface area contributed by atoms with Gasteiger partial charge in [-0.2, -0.15) is 0 Å². The number of aliphatic carboxylic acids is 1. The van der Waals surface area contributed by atoms with Crippen LogP contribution in [0.5, 0.6) is 0 Å². The molecule has 0 unspecified atom stereocenters. The van der Waals surface area contributed by atoms with Crippen molar-refractivity contribution in [2.24, 2.45) is 5.92 Å². The van der Waals surface area contributed by atoms with Crippen LogP contribution in [-0.4, -0.2) is 52.9 Å². The van der Waals surface area contributed by atoms with Crippen molar-refractivity contribution in [2.75, 3.05) is 13.1 Å². The number of benzene rings is 1. The van der Waals surface area contributed by atoms with Crippen LogP contribution < -0.4 is 5.32 Å². The van der Waals surface area contributed by atoms with Crippen LogP contribution in [0.15, 0.2) is 30.3 Å². The molecule has 1 fully saturated rings. The first-order valence-corrected chi connectivity index (χ1v) is 9.81. The average Bonchev–Trinajstić information content (AvgIpc) is 2.64. The molecule has 0 radical (unpaired) electrons. The van der Waals surface area contributed by atoms with E-state index in [-0.39, 0.29) is 18.9 Å². The lowest BCUT2D eigenvalue weighted by Gasteiger charge is -2.36. The number of alkyl carbamates (subject to hydrolysis) is 1. The molecule has 2 N–H and O–H groups in total. The molecule has 8 nitrogen and oxygen atoms in total. The van der Waals surface area contributed by atoms with E-state index in [9.17, 15) is 19.5 Å². The first-order valence-electron chi connectivity index (χ1n) is 9.81. The molecule has 1 aromatic carbocycles. The van der Waals surface area contributed by atoms with Gasteiger partial charge in [0.1, 0.15) is 12.2 Å². The molecule has 8 heteroatoms. The zero-order chi connectivity index (χ0) is 21.4. The fourth-order valence-corrected chi connectivity index (χ4v) is 3.30. The fraction of sp³-hybridized carbons (Fsp3) is 0.571. The van der Waals surface area contributed by atoms with Gasteiger partial charge in [0, 0.05) is 19.1 Å². The Morgan fingerprint density at radius 3 is 2.55 bits per heavy atom. The molecule has 1 aliphatic heterocycles. The summed E-state index contributed by atoms with van der Waals surface area (Å²) in [6.45, 7) is 6.25. The zero-order valence-electron chi connectivity index (χ0n) is 17.2. The number of carbonyl (C=O) groups is 3. The van der Waals surface area contributed by atoms with E-state index in [0.717, 1.165) is 5.56 Å². The minimum atomic E-state index is -1.02. The molecule has 29 heavy (non-hydrogen) atoms. The number of carbonyl (C=O) groups excluding carboxylic acids is 2. The minimum Gasteiger partial charge on any atom is -0.481 e. The number of carboxylic acids is 1. The Kier molecular flexibility index (Phi) is 7.87. The summed E-state index contributed by atoms with van der Waals surface area (Å²) < 4.78 is 10.6. The maximum Gasteiger partial charge on any atom is 0.410 e. The lowest BCUT2D eigenvalue weighted by Crippen LogP contribution is -2.50. The Morgan fingerprint density at radius 1 is 1.24 bits per heavy atom. The Morgan fingerprint density at radius 2 is 1.93 bits per heavy atom. The normalized spacial score (nSPS) is 17.9. The Bertz CT molecular complexity index is 701. The number of piperidine rings is 1. The predicted molar refractivity (Wildman–Crippen MR) is 106 cm³/mol. The van der Waals surface area contributed by atoms with Gasteiger partial charge in [0.2, 0.25) is 0 Å². The van der Waals surface area contributed by atoms with E-state index in [1.54, 1.807) is 25.7 Å². The van der Waals surface area contributed by atoms with Gasteiger partial charge in [-0.05, 0) is 45.1 Å². The number of rotatable bonds is 6. The fourth-order valence-electron chi connectivity index (χ4n) is 3.30. The summed E-state index contributed by atoms with van der Waals surface area (Å²) >= 11 is 0. The van der Waals surface area contributed by atoms with Gasteiger partial charge in [-0.3, -0.25) is 4.79 Å². The smallest absolute Gasteiger partial charge is 0.410 e. The molecule has 160 valence electrons. The molecule has 2 rings (SSSR count). The molecule has 2 atom stereocenters. The second-order valence-corrected chi connectivity index (χ2v) is 8.24. The summed E-state index contributed by atoms with van der Waals surface area (Å²) in [5, 5.41) is 11.9. The van der Waals surface area contributed by atoms with Crippen LogP contribution in [0.1, 0.15) is 45.6 Å². The minimum absolute atomic E-state index is 0.176. The second-order valence-electron chi connectivity index (χ2n) is 8.24. The van der Waals surface area contributed by atoms with Gasteiger partial charge in [-0.1, -0.05) is 30.3 Å². The van der Waals surface area contributed by atoms with Crippen molar-refractivity contribution >= 4 is 18.2 Å². The van der Waals surface area contributed by atoms with Crippen LogP contribution in [0.4, 0.5) is 9.59 Å². The van der Waals surface area contributed by atoms with Crippen molar-refractivity contribution in [3.8, 4) is 0 Å². The molecule has 2 amide bonds. The third kappa shape index (κ3) is 8.01. The Labute approximate surface area is 171 Å². The molecule has 0 saturated carbocycles. The van der Waals surface area contributed by atoms with Gasteiger partial charge in [-0.25, -0.2) is 9.59 Å². The Hall–Kier alpha value is -2.77. The third-order valence-electron chi connectivity index (χ3n) is 4.59. The van der Waals surface area contributed by atoms with Gasteiger partial charge >= 0.3 is 18.2 Å². The van der Waals surface area contributed by atoms with Gasteiger partial charge in [0.05, 0.1) is 6.42 Å². The monoisotopic (exact) mass is 406 g/mol. The van der Waals surface area contributed by atoms with Gasteiger partial charge < -0.3 is 24.8 Å². The van der Waals surface area contributed by atoms with E-state index in [2.05, 4.69) is 5.32 Å². The van der Waals surface area contributed by atoms with E-state index in [4.69, 9.17) is 9.47 Å². The lowest BCUT2D eigenvalue weighted by molar-refractivity contribution is -0.138. The van der Waals surface area contributed by atoms with E-state index >= 15 is 0 Å². The highest BCUT2D eigenvalue weighted by Gasteiger charge is 2.33. The topological polar surface area (TPSA) is 105 Å². The average molecular weight is 406 g/mol. The molecule has 0 spiro atoms. The molecular weight excluding hydrogens is 376 g/mol. The van der Waals surface area contributed by atoms with Crippen LogP contribution in [-0.2, 0) is 20.9 Å². The SMILES string of the molecule is CC(C)(C)OC(=O)N[C@H](CC(=O)O)[C@H]1CCCN(C(=O)OCc2ccccc2)C1. The number of hydrogen-bond acceptors (Lipinski definition) is 5. The van der Waals surface area contributed by atoms with E-state index < -0.39 is 29.8 Å². The van der Waals surface area contributed by atoms with Crippen molar-refractivity contribution in [1.29, 1.82) is 0 Å². The quantitative estimate of drug-likeness (QED) is 0.750. The van der Waals surface area contributed by atoms with Crippen molar-refractivity contribution in [3.05, 3.63) is 35.9 Å². The number of nitrogens with one attached hydrogen (secondary N) is 1. The van der Waals surface area contributed by atoms with Crippen LogP contribution in [0.2, 0.25) is 0 Å². The van der Waals surface area contributed by atoms with Gasteiger partial charge in [-0.15, -0.1) is 0 Å². The maximum atomic E-state index is 12.4. The van der Waals surface area contributed by atoms with E-state index in [0.29, 0.717) is 25.9 Å². The molecule has 1 aliphatic rings. The summed E-state index contributed by atoms with van der Waals surface area (Å²) in [5.74, 6) is -1.22. The predicted octanol–water partition coefficient (Wildman–Crippen LogP) is 3.40. The van der Waals surface area contributed by atoms with E-state index in [1.807, 2.05) is 30.3 Å². The van der Waals surface area contributed by atoms with Crippen molar-refractivity contribution in [1.82, 2.24) is 10.2 Å². The van der Waals surface area contributed by atoms with Crippen molar-refractivity contribution in [3.63, 3.8) is 0 Å². The third-order valence-corrected chi connectivity index (χ3v) is 4.59. The Balaban J connectivity index is 1.95. The highest BCUT2D eigenvalue weighted by Crippen LogP contribution is 2.23. The van der Waals surface area contributed by atoms with Crippen LogP contribution in [0, 0.1) is 5.92 Å². The standard InChI is InChI=1S/C21H30N2O6/c1-21(2,3)29-19(26)22-17(12-18(24)25)16-10-7-11-23(13-16)20(27)28-14-15-8-5-4-6-9-15/h4-6,8-9,16-17H,7,10-14H2,1-3H3,(H,22,26)(H,24,25)/t16-,17+/m0/s1. The van der Waals surface area contributed by atoms with Crippen molar-refractivity contribution < 1.29 is 29.0 Å². The highest BCUT2D eigenvalue weighted by atomic mass is 16.6. The summed E-state index contributed by atoms with van der Waals surface area (Å²) in [7, 11) is 0. The number of carboxylic acid groups (broad SMARTS) is 1. The van der Waals surface area contributed by atoms with Gasteiger partial charge in [0.25, 0.3) is 0 Å². The number of ether oxygens (including phenoxy) is 2. The largest absolute Gasteiger partial charge is 0.481 e. The summed E-state index contributed by atoms with van der Waals surface area (Å²) in [4.78, 5) is 37.5. The summed E-state index contributed by atoms with van der Waals surface area (Å²) in [5.41, 5.74) is 0.210. The number of amides is 2. The first-order chi connectivity index (χ1) is 13.6. The van der Waals surface area contributed by atoms with Crippen LogP contribution >= 0.6 is 0 Å². The van der Waals surface area contributed by atoms with Gasteiger partial charge in [0.15, 0.2) is 0 Å². The number of hydrogen-bond donors (Lipinski definition) is 2. The summed E-state index contributed by atoms with van der Waals surface area (Å²) in [6.07, 6.45) is 0.0713. The lowest BCUT2D eigenvalue weighted by atomic mass is 9.89. The molecule has 1 heterocycles. The second kappa shape index (κ2) is 10.1. The van der Waals surface area contributed by atoms with Crippen molar-refractivity contribution in [2.45, 2.75) is 58.3 Å². The maximum absolute atomic E-state index is 12.4. The molecule has 0 aliphatic carbocycles. The molecule has 1 aromatic rings. The van der Waals surface area contributed by atoms with Crippen LogP contribution in [0.25, 0.3) is 0 Å². The molecule has 0 aromatic heterocycles. The molecular formula is C21H30N2O6. The zero-order valence-corrected chi connectivity index (χ0v) is 17.2. The molecule has 1 saturated heterocycles.